The van der Waals surface area contributed by atoms with E-state index in [1.165, 1.54) is 6.42 Å². The first-order valence-corrected chi connectivity index (χ1v) is 15.4. The minimum absolute atomic E-state index is 0.115. The smallest absolute Gasteiger partial charge is 0.226 e. The minimum atomic E-state index is -0.671. The van der Waals surface area contributed by atoms with E-state index in [0.29, 0.717) is 11.5 Å². The number of amides is 1. The van der Waals surface area contributed by atoms with Gasteiger partial charge in [0, 0.05) is 58.1 Å². The van der Waals surface area contributed by atoms with Crippen LogP contribution in [0, 0.1) is 28.6 Å². The summed E-state index contributed by atoms with van der Waals surface area (Å²) in [6.07, 6.45) is 8.90. The van der Waals surface area contributed by atoms with Crippen molar-refractivity contribution in [3.8, 4) is 34.8 Å². The molecule has 2 heterocycles. The van der Waals surface area contributed by atoms with Gasteiger partial charge in [-0.25, -0.2) is 4.98 Å². The second kappa shape index (κ2) is 12.5. The number of aromatic nitrogens is 1. The zero-order valence-electron chi connectivity index (χ0n) is 22.5. The van der Waals surface area contributed by atoms with Crippen LogP contribution in [-0.4, -0.2) is 45.2 Å². The molecule has 1 aliphatic heterocycles. The Labute approximate surface area is 237 Å². The van der Waals surface area contributed by atoms with E-state index >= 15 is 0 Å². The summed E-state index contributed by atoms with van der Waals surface area (Å²) in [6, 6.07) is 19.7. The molecule has 6 rings (SSSR count). The lowest BCUT2D eigenvalue weighted by atomic mass is 9.88. The van der Waals surface area contributed by atoms with Crippen LogP contribution >= 0.6 is 0 Å². The summed E-state index contributed by atoms with van der Waals surface area (Å²) in [5.41, 5.74) is 3.75. The lowest BCUT2D eigenvalue weighted by Gasteiger charge is -2.28. The lowest BCUT2D eigenvalue weighted by Crippen LogP contribution is -2.40. The SMILES string of the molecule is N#CC1(NC(=O)C2CCCCC2)CC1.N#Cc1cccc(-c2nc(-c3ccc(N4CCS(=O)CC4)cc3)co2)c1. The topological polar surface area (TPSA) is 123 Å². The molecule has 0 bridgehead atoms. The van der Waals surface area contributed by atoms with E-state index in [2.05, 4.69) is 39.5 Å². The fourth-order valence-electron chi connectivity index (χ4n) is 5.09. The summed E-state index contributed by atoms with van der Waals surface area (Å²) < 4.78 is 17.1. The van der Waals surface area contributed by atoms with Gasteiger partial charge in [0.25, 0.3) is 0 Å². The van der Waals surface area contributed by atoms with Gasteiger partial charge in [0.05, 0.1) is 17.7 Å². The van der Waals surface area contributed by atoms with Crippen LogP contribution < -0.4 is 10.2 Å². The number of carbonyl (C=O) groups is 1. The van der Waals surface area contributed by atoms with Crippen molar-refractivity contribution in [2.45, 2.75) is 50.5 Å². The minimum Gasteiger partial charge on any atom is -0.444 e. The number of nitrogens with one attached hydrogen (secondary N) is 1. The average molecular weight is 556 g/mol. The zero-order chi connectivity index (χ0) is 28.0. The maximum absolute atomic E-state index is 11.8. The Bertz CT molecular complexity index is 1430. The van der Waals surface area contributed by atoms with Crippen molar-refractivity contribution in [1.29, 1.82) is 10.5 Å². The molecule has 2 saturated carbocycles. The van der Waals surface area contributed by atoms with Crippen molar-refractivity contribution in [3.63, 3.8) is 0 Å². The number of oxazole rings is 1. The highest BCUT2D eigenvalue weighted by Gasteiger charge is 2.45. The van der Waals surface area contributed by atoms with Gasteiger partial charge in [-0.2, -0.15) is 10.5 Å². The molecular weight excluding hydrogens is 522 g/mol. The highest BCUT2D eigenvalue weighted by Crippen LogP contribution is 2.35. The number of anilines is 1. The molecular formula is C31H33N5O3S. The predicted octanol–water partition coefficient (Wildman–Crippen LogP) is 5.19. The average Bonchev–Trinajstić information content (AvgIpc) is 3.61. The fraction of sp³-hybridized carbons (Fsp3) is 0.419. The molecule has 0 spiro atoms. The lowest BCUT2D eigenvalue weighted by molar-refractivity contribution is -0.126. The van der Waals surface area contributed by atoms with Gasteiger partial charge in [-0.05, 0) is 56.0 Å². The van der Waals surface area contributed by atoms with Crippen LogP contribution in [0.2, 0.25) is 0 Å². The Morgan fingerprint density at radius 2 is 1.75 bits per heavy atom. The summed E-state index contributed by atoms with van der Waals surface area (Å²) in [7, 11) is -0.671. The van der Waals surface area contributed by atoms with Gasteiger partial charge in [0.2, 0.25) is 11.8 Å². The predicted molar refractivity (Wildman–Crippen MR) is 154 cm³/mol. The molecule has 1 N–H and O–H groups in total. The van der Waals surface area contributed by atoms with Gasteiger partial charge in [0.15, 0.2) is 0 Å². The Morgan fingerprint density at radius 1 is 1.02 bits per heavy atom. The van der Waals surface area contributed by atoms with Gasteiger partial charge in [-0.15, -0.1) is 0 Å². The van der Waals surface area contributed by atoms with Crippen LogP contribution in [0.1, 0.15) is 50.5 Å². The third kappa shape index (κ3) is 6.78. The first-order valence-electron chi connectivity index (χ1n) is 13.9. The number of hydrogen-bond acceptors (Lipinski definition) is 7. The van der Waals surface area contributed by atoms with E-state index in [0.717, 1.165) is 85.6 Å². The molecule has 40 heavy (non-hydrogen) atoms. The van der Waals surface area contributed by atoms with Crippen LogP contribution in [0.3, 0.4) is 0 Å². The van der Waals surface area contributed by atoms with Gasteiger partial charge in [0.1, 0.15) is 17.5 Å². The van der Waals surface area contributed by atoms with E-state index in [1.807, 2.05) is 24.3 Å². The van der Waals surface area contributed by atoms with Gasteiger partial charge in [-0.3, -0.25) is 9.00 Å². The largest absolute Gasteiger partial charge is 0.444 e. The molecule has 8 nitrogen and oxygen atoms in total. The Morgan fingerprint density at radius 3 is 2.40 bits per heavy atom. The van der Waals surface area contributed by atoms with Crippen molar-refractivity contribution in [1.82, 2.24) is 10.3 Å². The first kappa shape index (κ1) is 27.6. The van der Waals surface area contributed by atoms with Crippen LogP contribution in [-0.2, 0) is 15.6 Å². The van der Waals surface area contributed by atoms with E-state index in [-0.39, 0.29) is 11.8 Å². The molecule has 2 aliphatic carbocycles. The van der Waals surface area contributed by atoms with Crippen LogP contribution in [0.4, 0.5) is 5.69 Å². The van der Waals surface area contributed by atoms with E-state index in [4.69, 9.17) is 14.9 Å². The highest BCUT2D eigenvalue weighted by atomic mass is 32.2. The normalized spacial score (nSPS) is 18.5. The van der Waals surface area contributed by atoms with Crippen LogP contribution in [0.15, 0.2) is 59.2 Å². The molecule has 0 radical (unpaired) electrons. The molecule has 1 aromatic heterocycles. The Kier molecular flexibility index (Phi) is 8.62. The van der Waals surface area contributed by atoms with Gasteiger partial charge in [-0.1, -0.05) is 37.5 Å². The molecule has 2 aromatic carbocycles. The number of benzene rings is 2. The van der Waals surface area contributed by atoms with Crippen molar-refractivity contribution in [2.24, 2.45) is 5.92 Å². The summed E-state index contributed by atoms with van der Waals surface area (Å²) in [4.78, 5) is 18.6. The number of hydrogen-bond donors (Lipinski definition) is 1. The molecule has 1 amide bonds. The van der Waals surface area contributed by atoms with Gasteiger partial charge < -0.3 is 14.6 Å². The van der Waals surface area contributed by atoms with Crippen LogP contribution in [0.5, 0.6) is 0 Å². The van der Waals surface area contributed by atoms with E-state index < -0.39 is 16.3 Å². The summed E-state index contributed by atoms with van der Waals surface area (Å²) in [5, 5.41) is 20.7. The molecule has 9 heteroatoms. The number of nitriles is 2. The van der Waals surface area contributed by atoms with Crippen LogP contribution in [0.25, 0.3) is 22.7 Å². The Hall–Kier alpha value is -3.95. The fourth-order valence-corrected chi connectivity index (χ4v) is 6.14. The number of carbonyl (C=O) groups excluding carboxylic acids is 1. The summed E-state index contributed by atoms with van der Waals surface area (Å²) >= 11 is 0. The van der Waals surface area contributed by atoms with E-state index in [9.17, 15) is 9.00 Å². The quantitative estimate of drug-likeness (QED) is 0.460. The summed E-state index contributed by atoms with van der Waals surface area (Å²) in [5.74, 6) is 2.25. The monoisotopic (exact) mass is 555 g/mol. The number of nitrogens with zero attached hydrogens (tertiary/aromatic N) is 4. The Balaban J connectivity index is 0.000000194. The van der Waals surface area contributed by atoms with Crippen molar-refractivity contribution < 1.29 is 13.4 Å². The van der Waals surface area contributed by atoms with Crippen molar-refractivity contribution in [2.75, 3.05) is 29.5 Å². The second-order valence-corrected chi connectivity index (χ2v) is 12.3. The number of rotatable bonds is 5. The molecule has 0 atom stereocenters. The molecule has 3 fully saturated rings. The summed E-state index contributed by atoms with van der Waals surface area (Å²) in [6.45, 7) is 1.66. The highest BCUT2D eigenvalue weighted by molar-refractivity contribution is 7.85. The van der Waals surface area contributed by atoms with Gasteiger partial charge >= 0.3 is 0 Å². The second-order valence-electron chi connectivity index (χ2n) is 10.6. The molecule has 3 aromatic rings. The van der Waals surface area contributed by atoms with Crippen molar-refractivity contribution >= 4 is 22.4 Å². The third-order valence-electron chi connectivity index (χ3n) is 7.75. The molecule has 1 saturated heterocycles. The maximum Gasteiger partial charge on any atom is 0.226 e. The van der Waals surface area contributed by atoms with Crippen molar-refractivity contribution in [3.05, 3.63) is 60.4 Å². The molecule has 0 unspecified atom stereocenters. The third-order valence-corrected chi connectivity index (χ3v) is 9.03. The van der Waals surface area contributed by atoms with E-state index in [1.54, 1.807) is 18.4 Å². The molecule has 206 valence electrons. The maximum atomic E-state index is 11.8. The first-order chi connectivity index (χ1) is 19.5. The zero-order valence-corrected chi connectivity index (χ0v) is 23.3. The standard InChI is InChI=1S/C20H17N3O2S.C11H16N2O/c21-13-15-2-1-3-17(12-15)20-22-19(14-25-20)16-4-6-18(7-5-16)23-8-10-26(24)11-9-23;12-8-11(6-7-11)13-10(14)9-4-2-1-3-5-9/h1-7,12,14H,8-11H2;9H,1-7H2,(H,13,14). The molecule has 3 aliphatic rings.